The quantitative estimate of drug-likeness (QED) is 0.796. The minimum atomic E-state index is -1.06. The minimum absolute atomic E-state index is 0.303. The Hall–Kier alpha value is -2.60. The van der Waals surface area contributed by atoms with E-state index in [-0.39, 0.29) is 11.0 Å². The fraction of sp³-hybridized carbons (Fsp3) is 0.211. The van der Waals surface area contributed by atoms with Gasteiger partial charge in [-0.2, -0.15) is 0 Å². The van der Waals surface area contributed by atoms with Crippen molar-refractivity contribution >= 4 is 28.8 Å². The number of benzene rings is 2. The summed E-state index contributed by atoms with van der Waals surface area (Å²) in [5.74, 6) is -1.43. The molecule has 0 aliphatic heterocycles. The van der Waals surface area contributed by atoms with Gasteiger partial charge in [0.2, 0.25) is 5.12 Å². The first-order valence-electron chi connectivity index (χ1n) is 7.80. The molecule has 2 unspecified atom stereocenters. The van der Waals surface area contributed by atoms with Crippen molar-refractivity contribution < 1.29 is 19.5 Å². The van der Waals surface area contributed by atoms with Crippen LogP contribution in [0.25, 0.3) is 0 Å². The van der Waals surface area contributed by atoms with Crippen molar-refractivity contribution in [3.8, 4) is 0 Å². The highest BCUT2D eigenvalue weighted by atomic mass is 32.2. The number of carbonyl (C=O) groups excluding carboxylic acids is 2. The third-order valence-electron chi connectivity index (χ3n) is 3.55. The number of thioether (sulfide) groups is 1. The molecule has 0 aromatic heterocycles. The van der Waals surface area contributed by atoms with Gasteiger partial charge in [0.05, 0.1) is 0 Å². The van der Waals surface area contributed by atoms with Crippen molar-refractivity contribution in [2.45, 2.75) is 24.6 Å². The third-order valence-corrected chi connectivity index (χ3v) is 4.62. The van der Waals surface area contributed by atoms with E-state index in [4.69, 9.17) is 5.11 Å². The fourth-order valence-electron chi connectivity index (χ4n) is 2.18. The van der Waals surface area contributed by atoms with Crippen LogP contribution in [0.15, 0.2) is 60.7 Å². The molecule has 0 heterocycles. The topological polar surface area (TPSA) is 83.5 Å². The number of amides is 1. The summed E-state index contributed by atoms with van der Waals surface area (Å²) in [5, 5.41) is 10.5. The third kappa shape index (κ3) is 5.76. The Bertz CT molecular complexity index is 734. The Balaban J connectivity index is 2.15. The average molecular weight is 357 g/mol. The van der Waals surface area contributed by atoms with Crippen molar-refractivity contribution in [1.29, 1.82) is 0 Å². The van der Waals surface area contributed by atoms with Gasteiger partial charge in [-0.15, -0.1) is 0 Å². The standard InChI is InChI=1S/C19H19NO4S/c1-13(18(22)23)25-19(24)16(12-14-8-4-2-5-9-14)20-17(21)15-10-6-3-7-11-15/h2-11,13,16H,12H2,1H3,(H,20,21)(H,22,23). The van der Waals surface area contributed by atoms with Crippen molar-refractivity contribution in [3.63, 3.8) is 0 Å². The maximum Gasteiger partial charge on any atom is 0.316 e. The van der Waals surface area contributed by atoms with Gasteiger partial charge >= 0.3 is 5.97 Å². The molecule has 0 spiro atoms. The van der Waals surface area contributed by atoms with Crippen molar-refractivity contribution in [1.82, 2.24) is 5.32 Å². The predicted molar refractivity (Wildman–Crippen MR) is 97.5 cm³/mol. The summed E-state index contributed by atoms with van der Waals surface area (Å²) in [6.07, 6.45) is 0.303. The highest BCUT2D eigenvalue weighted by Crippen LogP contribution is 2.17. The van der Waals surface area contributed by atoms with E-state index in [1.165, 1.54) is 6.92 Å². The van der Waals surface area contributed by atoms with Crippen LogP contribution in [0, 0.1) is 0 Å². The van der Waals surface area contributed by atoms with Gasteiger partial charge in [-0.25, -0.2) is 0 Å². The maximum absolute atomic E-state index is 12.5. The monoisotopic (exact) mass is 357 g/mol. The molecule has 0 radical (unpaired) electrons. The SMILES string of the molecule is CC(SC(=O)C(Cc1ccccc1)NC(=O)c1ccccc1)C(=O)O. The summed E-state index contributed by atoms with van der Waals surface area (Å²) in [5.41, 5.74) is 1.34. The predicted octanol–water partition coefficient (Wildman–Crippen LogP) is 2.76. The number of carboxylic acid groups (broad SMARTS) is 1. The summed E-state index contributed by atoms with van der Waals surface area (Å²) in [6.45, 7) is 1.45. The van der Waals surface area contributed by atoms with Crippen LogP contribution in [-0.4, -0.2) is 33.4 Å². The maximum atomic E-state index is 12.5. The molecule has 2 atom stereocenters. The van der Waals surface area contributed by atoms with Gasteiger partial charge in [0.1, 0.15) is 11.3 Å². The molecular weight excluding hydrogens is 338 g/mol. The van der Waals surface area contributed by atoms with Crippen LogP contribution in [0.4, 0.5) is 0 Å². The smallest absolute Gasteiger partial charge is 0.316 e. The molecule has 0 bridgehead atoms. The van der Waals surface area contributed by atoms with Crippen LogP contribution in [0.5, 0.6) is 0 Å². The molecule has 0 aliphatic rings. The number of carbonyl (C=O) groups is 3. The molecule has 130 valence electrons. The van der Waals surface area contributed by atoms with E-state index >= 15 is 0 Å². The van der Waals surface area contributed by atoms with Crippen LogP contribution in [0.3, 0.4) is 0 Å². The molecule has 0 aliphatic carbocycles. The summed E-state index contributed by atoms with van der Waals surface area (Å²) in [6, 6.07) is 17.1. The first-order valence-corrected chi connectivity index (χ1v) is 8.68. The van der Waals surface area contributed by atoms with Crippen LogP contribution >= 0.6 is 11.8 Å². The van der Waals surface area contributed by atoms with E-state index in [1.807, 2.05) is 30.3 Å². The van der Waals surface area contributed by atoms with E-state index in [9.17, 15) is 14.4 Å². The van der Waals surface area contributed by atoms with Gasteiger partial charge < -0.3 is 10.4 Å². The molecule has 0 saturated carbocycles. The average Bonchev–Trinajstić information content (AvgIpc) is 2.62. The Labute approximate surface area is 150 Å². The van der Waals surface area contributed by atoms with Crippen LogP contribution in [0.1, 0.15) is 22.8 Å². The second kappa shape index (κ2) is 9.03. The highest BCUT2D eigenvalue weighted by Gasteiger charge is 2.26. The minimum Gasteiger partial charge on any atom is -0.480 e. The summed E-state index contributed by atoms with van der Waals surface area (Å²) in [4.78, 5) is 35.9. The number of hydrogen-bond donors (Lipinski definition) is 2. The Morgan fingerprint density at radius 3 is 2.12 bits per heavy atom. The normalized spacial score (nSPS) is 12.8. The van der Waals surface area contributed by atoms with E-state index < -0.39 is 17.3 Å². The zero-order valence-electron chi connectivity index (χ0n) is 13.7. The van der Waals surface area contributed by atoms with Crippen LogP contribution < -0.4 is 5.32 Å². The van der Waals surface area contributed by atoms with Crippen LogP contribution in [0.2, 0.25) is 0 Å². The molecule has 0 fully saturated rings. The van der Waals surface area contributed by atoms with E-state index in [1.54, 1.807) is 30.3 Å². The number of aliphatic carboxylic acids is 1. The lowest BCUT2D eigenvalue weighted by molar-refractivity contribution is -0.136. The first-order chi connectivity index (χ1) is 12.0. The molecule has 2 aromatic rings. The van der Waals surface area contributed by atoms with E-state index in [2.05, 4.69) is 5.32 Å². The summed E-state index contributed by atoms with van der Waals surface area (Å²) in [7, 11) is 0. The van der Waals surface area contributed by atoms with E-state index in [0.29, 0.717) is 12.0 Å². The molecule has 2 N–H and O–H groups in total. The molecule has 2 rings (SSSR count). The molecule has 25 heavy (non-hydrogen) atoms. The Morgan fingerprint density at radius 2 is 1.56 bits per heavy atom. The molecule has 2 aromatic carbocycles. The zero-order valence-corrected chi connectivity index (χ0v) is 14.5. The molecular formula is C19H19NO4S. The van der Waals surface area contributed by atoms with Gasteiger partial charge in [-0.3, -0.25) is 14.4 Å². The lowest BCUT2D eigenvalue weighted by atomic mass is 10.1. The summed E-state index contributed by atoms with van der Waals surface area (Å²) < 4.78 is 0. The number of hydrogen-bond acceptors (Lipinski definition) is 4. The largest absolute Gasteiger partial charge is 0.480 e. The van der Waals surface area contributed by atoms with Gasteiger partial charge in [-0.1, -0.05) is 60.3 Å². The van der Waals surface area contributed by atoms with Crippen molar-refractivity contribution in [2.24, 2.45) is 0 Å². The van der Waals surface area contributed by atoms with Gasteiger partial charge in [0.15, 0.2) is 0 Å². The van der Waals surface area contributed by atoms with Crippen molar-refractivity contribution in [3.05, 3.63) is 71.8 Å². The van der Waals surface area contributed by atoms with Gasteiger partial charge in [0, 0.05) is 12.0 Å². The molecule has 0 saturated heterocycles. The lowest BCUT2D eigenvalue weighted by Crippen LogP contribution is -2.42. The summed E-state index contributed by atoms with van der Waals surface area (Å²) >= 11 is 0.719. The molecule has 1 amide bonds. The number of carboxylic acids is 1. The van der Waals surface area contributed by atoms with Crippen LogP contribution in [-0.2, 0) is 16.0 Å². The highest BCUT2D eigenvalue weighted by molar-refractivity contribution is 8.14. The van der Waals surface area contributed by atoms with E-state index in [0.717, 1.165) is 17.3 Å². The molecule has 6 heteroatoms. The van der Waals surface area contributed by atoms with Crippen molar-refractivity contribution in [2.75, 3.05) is 0 Å². The Morgan fingerprint density at radius 1 is 1.00 bits per heavy atom. The second-order valence-corrected chi connectivity index (χ2v) is 6.84. The molecule has 5 nitrogen and oxygen atoms in total. The van der Waals surface area contributed by atoms with Gasteiger partial charge in [-0.05, 0) is 24.6 Å². The second-order valence-electron chi connectivity index (χ2n) is 5.50. The zero-order chi connectivity index (χ0) is 18.2. The number of rotatable bonds is 7. The Kier molecular flexibility index (Phi) is 6.77. The fourth-order valence-corrected chi connectivity index (χ4v) is 2.94. The van der Waals surface area contributed by atoms with Gasteiger partial charge in [0.25, 0.3) is 5.91 Å². The lowest BCUT2D eigenvalue weighted by Gasteiger charge is -2.18. The first kappa shape index (κ1) is 18.7. The number of nitrogens with one attached hydrogen (secondary N) is 1.